The summed E-state index contributed by atoms with van der Waals surface area (Å²) in [4.78, 5) is 24.5. The van der Waals surface area contributed by atoms with Gasteiger partial charge in [-0.2, -0.15) is 0 Å². The van der Waals surface area contributed by atoms with Gasteiger partial charge in [0.1, 0.15) is 5.82 Å². The second-order valence-corrected chi connectivity index (χ2v) is 4.47. The minimum Gasteiger partial charge on any atom is -0.465 e. The Morgan fingerprint density at radius 1 is 1.58 bits per heavy atom. The van der Waals surface area contributed by atoms with E-state index in [1.54, 1.807) is 0 Å². The molecule has 102 valence electrons. The standard InChI is InChI=1S/C13H15FN2O3/c1-19-13(18)10-3-2-9(5-11(10)14)16-7-8(6-15)4-12(16)17/h2-3,5,8H,4,6-7,15H2,1H3. The number of nitrogens with two attached hydrogens (primary N) is 1. The van der Waals surface area contributed by atoms with E-state index in [9.17, 15) is 14.0 Å². The molecule has 1 aromatic rings. The van der Waals surface area contributed by atoms with E-state index in [1.165, 1.54) is 30.2 Å². The number of hydrogen-bond donors (Lipinski definition) is 1. The number of amides is 1. The van der Waals surface area contributed by atoms with E-state index < -0.39 is 11.8 Å². The molecule has 1 atom stereocenters. The lowest BCUT2D eigenvalue weighted by Gasteiger charge is -2.17. The summed E-state index contributed by atoms with van der Waals surface area (Å²) < 4.78 is 18.2. The highest BCUT2D eigenvalue weighted by atomic mass is 19.1. The molecule has 1 saturated heterocycles. The quantitative estimate of drug-likeness (QED) is 0.826. The van der Waals surface area contributed by atoms with Gasteiger partial charge in [0.2, 0.25) is 5.91 Å². The minimum absolute atomic E-state index is 0.0827. The zero-order valence-electron chi connectivity index (χ0n) is 10.6. The Morgan fingerprint density at radius 3 is 2.84 bits per heavy atom. The second kappa shape index (κ2) is 5.36. The van der Waals surface area contributed by atoms with Crippen LogP contribution in [0.3, 0.4) is 0 Å². The fraction of sp³-hybridized carbons (Fsp3) is 0.385. The number of hydrogen-bond acceptors (Lipinski definition) is 4. The molecule has 1 aromatic carbocycles. The van der Waals surface area contributed by atoms with E-state index in [1.807, 2.05) is 0 Å². The first-order chi connectivity index (χ1) is 9.06. The third-order valence-electron chi connectivity index (χ3n) is 3.21. The molecule has 6 heteroatoms. The summed E-state index contributed by atoms with van der Waals surface area (Å²) in [5, 5.41) is 0. The van der Waals surface area contributed by atoms with Crippen LogP contribution in [0, 0.1) is 11.7 Å². The van der Waals surface area contributed by atoms with E-state index >= 15 is 0 Å². The first-order valence-electron chi connectivity index (χ1n) is 5.95. The van der Waals surface area contributed by atoms with Crippen LogP contribution in [0.4, 0.5) is 10.1 Å². The molecular weight excluding hydrogens is 251 g/mol. The van der Waals surface area contributed by atoms with Crippen LogP contribution < -0.4 is 10.6 Å². The predicted octanol–water partition coefficient (Wildman–Crippen LogP) is 0.924. The van der Waals surface area contributed by atoms with Crippen LogP contribution in [-0.4, -0.2) is 32.1 Å². The maximum absolute atomic E-state index is 13.8. The Morgan fingerprint density at radius 2 is 2.32 bits per heavy atom. The number of halogens is 1. The largest absolute Gasteiger partial charge is 0.465 e. The number of esters is 1. The molecule has 2 N–H and O–H groups in total. The SMILES string of the molecule is COC(=O)c1ccc(N2CC(CN)CC2=O)cc1F. The summed E-state index contributed by atoms with van der Waals surface area (Å²) in [6, 6.07) is 4.02. The summed E-state index contributed by atoms with van der Waals surface area (Å²) in [6.45, 7) is 0.900. The molecule has 1 aliphatic rings. The average molecular weight is 266 g/mol. The van der Waals surface area contributed by atoms with Crippen molar-refractivity contribution in [3.8, 4) is 0 Å². The highest BCUT2D eigenvalue weighted by Crippen LogP contribution is 2.26. The number of rotatable bonds is 3. The number of benzene rings is 1. The van der Waals surface area contributed by atoms with Gasteiger partial charge in [-0.3, -0.25) is 4.79 Å². The van der Waals surface area contributed by atoms with Crippen LogP contribution >= 0.6 is 0 Å². The van der Waals surface area contributed by atoms with Crippen LogP contribution in [0.5, 0.6) is 0 Å². The molecule has 2 rings (SSSR count). The normalized spacial score (nSPS) is 18.8. The first-order valence-corrected chi connectivity index (χ1v) is 5.95. The van der Waals surface area contributed by atoms with Crippen molar-refractivity contribution < 1.29 is 18.7 Å². The van der Waals surface area contributed by atoms with Gasteiger partial charge in [0, 0.05) is 18.7 Å². The third kappa shape index (κ3) is 2.58. The number of carbonyl (C=O) groups is 2. The van der Waals surface area contributed by atoms with Crippen molar-refractivity contribution >= 4 is 17.6 Å². The number of ether oxygens (including phenoxy) is 1. The lowest BCUT2D eigenvalue weighted by molar-refractivity contribution is -0.117. The van der Waals surface area contributed by atoms with Crippen molar-refractivity contribution in [2.75, 3.05) is 25.1 Å². The molecule has 0 saturated carbocycles. The van der Waals surface area contributed by atoms with Crippen molar-refractivity contribution in [1.82, 2.24) is 0 Å². The van der Waals surface area contributed by atoms with E-state index in [-0.39, 0.29) is 17.4 Å². The summed E-state index contributed by atoms with van der Waals surface area (Å²) in [6.07, 6.45) is 0.372. The Balaban J connectivity index is 2.25. The van der Waals surface area contributed by atoms with E-state index in [0.29, 0.717) is 25.2 Å². The first kappa shape index (κ1) is 13.5. The van der Waals surface area contributed by atoms with Crippen LogP contribution in [0.1, 0.15) is 16.8 Å². The van der Waals surface area contributed by atoms with Crippen LogP contribution in [0.2, 0.25) is 0 Å². The van der Waals surface area contributed by atoms with Gasteiger partial charge in [-0.25, -0.2) is 9.18 Å². The molecule has 0 aliphatic carbocycles. The van der Waals surface area contributed by atoms with Gasteiger partial charge in [-0.1, -0.05) is 0 Å². The van der Waals surface area contributed by atoms with E-state index in [4.69, 9.17) is 5.73 Å². The molecule has 0 spiro atoms. The molecule has 1 amide bonds. The highest BCUT2D eigenvalue weighted by molar-refractivity contribution is 5.96. The summed E-state index contributed by atoms with van der Waals surface area (Å²) in [5.41, 5.74) is 5.83. The van der Waals surface area contributed by atoms with Gasteiger partial charge in [0.15, 0.2) is 0 Å². The maximum Gasteiger partial charge on any atom is 0.340 e. The molecule has 1 heterocycles. The summed E-state index contributed by atoms with van der Waals surface area (Å²) in [5.74, 6) is -1.43. The highest BCUT2D eigenvalue weighted by Gasteiger charge is 2.30. The third-order valence-corrected chi connectivity index (χ3v) is 3.21. The molecule has 0 aromatic heterocycles. The molecule has 1 unspecified atom stereocenters. The van der Waals surface area contributed by atoms with Gasteiger partial charge in [0.25, 0.3) is 0 Å². The lowest BCUT2D eigenvalue weighted by Crippen LogP contribution is -2.26. The van der Waals surface area contributed by atoms with Crippen LogP contribution in [-0.2, 0) is 9.53 Å². The van der Waals surface area contributed by atoms with E-state index in [2.05, 4.69) is 4.74 Å². The van der Waals surface area contributed by atoms with Crippen molar-refractivity contribution in [1.29, 1.82) is 0 Å². The van der Waals surface area contributed by atoms with Crippen molar-refractivity contribution in [2.45, 2.75) is 6.42 Å². The zero-order valence-corrected chi connectivity index (χ0v) is 10.6. The van der Waals surface area contributed by atoms with Crippen LogP contribution in [0.15, 0.2) is 18.2 Å². The summed E-state index contributed by atoms with van der Waals surface area (Å²) in [7, 11) is 1.19. The van der Waals surface area contributed by atoms with Crippen molar-refractivity contribution in [2.24, 2.45) is 11.7 Å². The molecule has 1 fully saturated rings. The Bertz CT molecular complexity index is 519. The molecule has 5 nitrogen and oxygen atoms in total. The average Bonchev–Trinajstić information content (AvgIpc) is 2.79. The minimum atomic E-state index is -0.739. The van der Waals surface area contributed by atoms with Crippen molar-refractivity contribution in [3.05, 3.63) is 29.6 Å². The molecule has 0 radical (unpaired) electrons. The topological polar surface area (TPSA) is 72.6 Å². The molecular formula is C13H15FN2O3. The van der Waals surface area contributed by atoms with Gasteiger partial charge in [-0.15, -0.1) is 0 Å². The van der Waals surface area contributed by atoms with Crippen molar-refractivity contribution in [3.63, 3.8) is 0 Å². The van der Waals surface area contributed by atoms with Gasteiger partial charge >= 0.3 is 5.97 Å². The Labute approximate surface area is 110 Å². The van der Waals surface area contributed by atoms with E-state index in [0.717, 1.165) is 0 Å². The fourth-order valence-electron chi connectivity index (χ4n) is 2.14. The Hall–Kier alpha value is -1.95. The number of carbonyl (C=O) groups excluding carboxylic acids is 2. The summed E-state index contributed by atoms with van der Waals surface area (Å²) >= 11 is 0. The second-order valence-electron chi connectivity index (χ2n) is 4.47. The molecule has 1 aliphatic heterocycles. The predicted molar refractivity (Wildman–Crippen MR) is 67.3 cm³/mol. The number of nitrogens with zero attached hydrogens (tertiary/aromatic N) is 1. The van der Waals surface area contributed by atoms with Gasteiger partial charge in [0.05, 0.1) is 12.7 Å². The Kier molecular flexibility index (Phi) is 3.80. The van der Waals surface area contributed by atoms with Gasteiger partial charge < -0.3 is 15.4 Å². The molecule has 0 bridgehead atoms. The maximum atomic E-state index is 13.8. The lowest BCUT2D eigenvalue weighted by atomic mass is 10.1. The van der Waals surface area contributed by atoms with Gasteiger partial charge in [-0.05, 0) is 30.7 Å². The fourth-order valence-corrected chi connectivity index (χ4v) is 2.14. The van der Waals surface area contributed by atoms with Crippen LogP contribution in [0.25, 0.3) is 0 Å². The molecule has 19 heavy (non-hydrogen) atoms. The monoisotopic (exact) mass is 266 g/mol. The number of anilines is 1. The zero-order chi connectivity index (χ0) is 14.0. The smallest absolute Gasteiger partial charge is 0.340 e. The number of methoxy groups -OCH3 is 1.